The molecule has 0 saturated heterocycles. The van der Waals surface area contributed by atoms with E-state index < -0.39 is 0 Å². The van der Waals surface area contributed by atoms with Crippen molar-refractivity contribution >= 4 is 11.7 Å². The predicted molar refractivity (Wildman–Crippen MR) is 58.3 cm³/mol. The van der Waals surface area contributed by atoms with Crippen LogP contribution in [0.1, 0.15) is 29.6 Å². The van der Waals surface area contributed by atoms with Crippen LogP contribution in [0, 0.1) is 5.92 Å². The summed E-state index contributed by atoms with van der Waals surface area (Å²) >= 11 is 0. The van der Waals surface area contributed by atoms with E-state index in [9.17, 15) is 4.79 Å². The van der Waals surface area contributed by atoms with Crippen LogP contribution in [0.5, 0.6) is 0 Å². The van der Waals surface area contributed by atoms with Gasteiger partial charge in [-0.1, -0.05) is 12.8 Å². The Morgan fingerprint density at radius 3 is 3.07 bits per heavy atom. The fourth-order valence-electron chi connectivity index (χ4n) is 1.49. The standard InChI is InChI=1S/C11H15N3O/c12-10-7-9(4-6-13-10)11(15)14-5-3-8-1-2-8/h4,6-8H,1-3,5H2,(H2,12,13)(H,14,15). The van der Waals surface area contributed by atoms with Crippen molar-refractivity contribution < 1.29 is 4.79 Å². The van der Waals surface area contributed by atoms with Crippen LogP contribution in [-0.4, -0.2) is 17.4 Å². The van der Waals surface area contributed by atoms with Crippen molar-refractivity contribution in [2.24, 2.45) is 5.92 Å². The monoisotopic (exact) mass is 205 g/mol. The van der Waals surface area contributed by atoms with Gasteiger partial charge in [0.15, 0.2) is 0 Å². The number of nitrogens with zero attached hydrogens (tertiary/aromatic N) is 1. The van der Waals surface area contributed by atoms with E-state index in [2.05, 4.69) is 10.3 Å². The van der Waals surface area contributed by atoms with Gasteiger partial charge in [-0.25, -0.2) is 4.98 Å². The molecular formula is C11H15N3O. The average molecular weight is 205 g/mol. The predicted octanol–water partition coefficient (Wildman–Crippen LogP) is 1.19. The molecule has 1 aliphatic rings. The van der Waals surface area contributed by atoms with E-state index in [0.717, 1.165) is 18.9 Å². The molecule has 1 aromatic heterocycles. The second-order valence-electron chi connectivity index (χ2n) is 3.96. The van der Waals surface area contributed by atoms with Crippen LogP contribution in [0.4, 0.5) is 5.82 Å². The molecule has 1 saturated carbocycles. The van der Waals surface area contributed by atoms with Gasteiger partial charge < -0.3 is 11.1 Å². The van der Waals surface area contributed by atoms with Gasteiger partial charge in [-0.2, -0.15) is 0 Å². The number of anilines is 1. The van der Waals surface area contributed by atoms with Crippen LogP contribution >= 0.6 is 0 Å². The Labute approximate surface area is 88.9 Å². The molecule has 1 heterocycles. The van der Waals surface area contributed by atoms with Gasteiger partial charge in [0.25, 0.3) is 5.91 Å². The first-order valence-corrected chi connectivity index (χ1v) is 5.25. The number of carbonyl (C=O) groups excluding carboxylic acids is 1. The first-order valence-electron chi connectivity index (χ1n) is 5.25. The molecule has 80 valence electrons. The third-order valence-corrected chi connectivity index (χ3v) is 2.58. The summed E-state index contributed by atoms with van der Waals surface area (Å²) in [5, 5.41) is 2.88. The highest BCUT2D eigenvalue weighted by atomic mass is 16.1. The summed E-state index contributed by atoms with van der Waals surface area (Å²) in [4.78, 5) is 15.4. The van der Waals surface area contributed by atoms with Crippen LogP contribution in [0.25, 0.3) is 0 Å². The maximum atomic E-state index is 11.6. The van der Waals surface area contributed by atoms with Crippen molar-refractivity contribution in [1.29, 1.82) is 0 Å². The summed E-state index contributed by atoms with van der Waals surface area (Å²) in [7, 11) is 0. The number of aromatic nitrogens is 1. The Morgan fingerprint density at radius 1 is 1.60 bits per heavy atom. The number of pyridine rings is 1. The molecule has 0 radical (unpaired) electrons. The van der Waals surface area contributed by atoms with E-state index in [4.69, 9.17) is 5.73 Å². The fourth-order valence-corrected chi connectivity index (χ4v) is 1.49. The highest BCUT2D eigenvalue weighted by Crippen LogP contribution is 2.31. The van der Waals surface area contributed by atoms with Gasteiger partial charge in [0, 0.05) is 18.3 Å². The van der Waals surface area contributed by atoms with Crippen LogP contribution in [0.2, 0.25) is 0 Å². The molecule has 4 nitrogen and oxygen atoms in total. The summed E-state index contributed by atoms with van der Waals surface area (Å²) in [6.45, 7) is 0.756. The van der Waals surface area contributed by atoms with E-state index in [1.54, 1.807) is 18.3 Å². The normalized spacial score (nSPS) is 14.9. The van der Waals surface area contributed by atoms with Gasteiger partial charge >= 0.3 is 0 Å². The smallest absolute Gasteiger partial charge is 0.251 e. The third kappa shape index (κ3) is 2.94. The lowest BCUT2D eigenvalue weighted by Gasteiger charge is -2.04. The summed E-state index contributed by atoms with van der Waals surface area (Å²) in [5.41, 5.74) is 6.07. The molecule has 0 aliphatic heterocycles. The van der Waals surface area contributed by atoms with E-state index in [1.165, 1.54) is 12.8 Å². The topological polar surface area (TPSA) is 68.0 Å². The molecule has 1 amide bonds. The van der Waals surface area contributed by atoms with Gasteiger partial charge in [-0.3, -0.25) is 4.79 Å². The Bertz CT molecular complexity index is 361. The molecule has 1 aliphatic carbocycles. The van der Waals surface area contributed by atoms with Crippen LogP contribution in [0.3, 0.4) is 0 Å². The summed E-state index contributed by atoms with van der Waals surface area (Å²) in [5.74, 6) is 1.16. The second-order valence-corrected chi connectivity index (χ2v) is 3.96. The number of nitrogens with one attached hydrogen (secondary N) is 1. The molecular weight excluding hydrogens is 190 g/mol. The molecule has 15 heavy (non-hydrogen) atoms. The third-order valence-electron chi connectivity index (χ3n) is 2.58. The number of carbonyl (C=O) groups is 1. The number of nitrogens with two attached hydrogens (primary N) is 1. The minimum Gasteiger partial charge on any atom is -0.384 e. The number of nitrogen functional groups attached to an aromatic ring is 1. The van der Waals surface area contributed by atoms with Crippen molar-refractivity contribution in [2.75, 3.05) is 12.3 Å². The van der Waals surface area contributed by atoms with E-state index in [0.29, 0.717) is 11.4 Å². The van der Waals surface area contributed by atoms with Crippen LogP contribution in [0.15, 0.2) is 18.3 Å². The number of hydrogen-bond donors (Lipinski definition) is 2. The largest absolute Gasteiger partial charge is 0.384 e. The molecule has 0 atom stereocenters. The lowest BCUT2D eigenvalue weighted by Crippen LogP contribution is -2.24. The van der Waals surface area contributed by atoms with Gasteiger partial charge in [-0.05, 0) is 24.5 Å². The fraction of sp³-hybridized carbons (Fsp3) is 0.455. The van der Waals surface area contributed by atoms with E-state index >= 15 is 0 Å². The lowest BCUT2D eigenvalue weighted by atomic mass is 10.2. The van der Waals surface area contributed by atoms with Crippen molar-refractivity contribution in [1.82, 2.24) is 10.3 Å². The Balaban J connectivity index is 1.83. The Hall–Kier alpha value is -1.58. The van der Waals surface area contributed by atoms with E-state index in [-0.39, 0.29) is 5.91 Å². The van der Waals surface area contributed by atoms with Crippen molar-refractivity contribution in [3.8, 4) is 0 Å². The van der Waals surface area contributed by atoms with Gasteiger partial charge in [0.2, 0.25) is 0 Å². The van der Waals surface area contributed by atoms with Gasteiger partial charge in [0.05, 0.1) is 0 Å². The quantitative estimate of drug-likeness (QED) is 0.776. The van der Waals surface area contributed by atoms with Crippen molar-refractivity contribution in [3.63, 3.8) is 0 Å². The maximum Gasteiger partial charge on any atom is 0.251 e. The molecule has 2 rings (SSSR count). The second kappa shape index (κ2) is 4.29. The molecule has 4 heteroatoms. The zero-order valence-electron chi connectivity index (χ0n) is 8.57. The van der Waals surface area contributed by atoms with Crippen LogP contribution in [-0.2, 0) is 0 Å². The molecule has 0 aromatic carbocycles. The number of amides is 1. The highest BCUT2D eigenvalue weighted by molar-refractivity contribution is 5.94. The Morgan fingerprint density at radius 2 is 2.40 bits per heavy atom. The maximum absolute atomic E-state index is 11.6. The lowest BCUT2D eigenvalue weighted by molar-refractivity contribution is 0.0952. The molecule has 0 unspecified atom stereocenters. The van der Waals surface area contributed by atoms with Gasteiger partial charge in [0.1, 0.15) is 5.82 Å². The zero-order chi connectivity index (χ0) is 10.7. The summed E-state index contributed by atoms with van der Waals surface area (Å²) < 4.78 is 0. The minimum atomic E-state index is -0.0650. The number of rotatable bonds is 4. The van der Waals surface area contributed by atoms with Crippen molar-refractivity contribution in [3.05, 3.63) is 23.9 Å². The first-order chi connectivity index (χ1) is 7.25. The molecule has 1 fully saturated rings. The minimum absolute atomic E-state index is 0.0650. The summed E-state index contributed by atoms with van der Waals surface area (Å²) in [6, 6.07) is 3.26. The Kier molecular flexibility index (Phi) is 2.85. The molecule has 3 N–H and O–H groups in total. The molecule has 0 bridgehead atoms. The molecule has 1 aromatic rings. The van der Waals surface area contributed by atoms with E-state index in [1.807, 2.05) is 0 Å². The number of hydrogen-bond acceptors (Lipinski definition) is 3. The highest BCUT2D eigenvalue weighted by Gasteiger charge is 2.20. The molecule has 0 spiro atoms. The van der Waals surface area contributed by atoms with Crippen molar-refractivity contribution in [2.45, 2.75) is 19.3 Å². The van der Waals surface area contributed by atoms with Crippen LogP contribution < -0.4 is 11.1 Å². The zero-order valence-corrected chi connectivity index (χ0v) is 8.57. The van der Waals surface area contributed by atoms with Gasteiger partial charge in [-0.15, -0.1) is 0 Å². The SMILES string of the molecule is Nc1cc(C(=O)NCCC2CC2)ccn1. The first kappa shape index (κ1) is 9.96. The average Bonchev–Trinajstić information content (AvgIpc) is 3.01. The summed E-state index contributed by atoms with van der Waals surface area (Å²) in [6.07, 6.45) is 5.27.